The summed E-state index contributed by atoms with van der Waals surface area (Å²) in [7, 11) is 0. The van der Waals surface area contributed by atoms with Gasteiger partial charge < -0.3 is 20.4 Å². The lowest BCUT2D eigenvalue weighted by Gasteiger charge is -2.41. The number of benzene rings is 3. The number of piperazine rings is 1. The Hall–Kier alpha value is -3.51. The zero-order chi connectivity index (χ0) is 35.8. The van der Waals surface area contributed by atoms with Crippen LogP contribution in [0.4, 0.5) is 17.6 Å². The third kappa shape index (κ3) is 9.63. The number of alkyl halides is 3. The van der Waals surface area contributed by atoms with E-state index in [9.17, 15) is 22.8 Å². The number of hydrogen-bond donors (Lipinski definition) is 2. The van der Waals surface area contributed by atoms with E-state index in [-0.39, 0.29) is 23.8 Å². The Kier molecular flexibility index (Phi) is 12.9. The average molecular weight is 716 g/mol. The normalized spacial score (nSPS) is 18.1. The first-order valence-corrected chi connectivity index (χ1v) is 17.8. The van der Waals surface area contributed by atoms with Crippen molar-refractivity contribution in [3.63, 3.8) is 0 Å². The van der Waals surface area contributed by atoms with Gasteiger partial charge in [0, 0.05) is 55.8 Å². The van der Waals surface area contributed by atoms with Gasteiger partial charge in [-0.05, 0) is 79.9 Å². The second-order valence-corrected chi connectivity index (χ2v) is 13.5. The van der Waals surface area contributed by atoms with Crippen molar-refractivity contribution >= 4 is 23.4 Å². The summed E-state index contributed by atoms with van der Waals surface area (Å²) in [4.78, 5) is 33.7. The van der Waals surface area contributed by atoms with Gasteiger partial charge in [0.2, 0.25) is 11.8 Å². The van der Waals surface area contributed by atoms with E-state index in [1.54, 1.807) is 17.0 Å². The first-order chi connectivity index (χ1) is 24.0. The van der Waals surface area contributed by atoms with Gasteiger partial charge in [0.05, 0.1) is 11.6 Å². The van der Waals surface area contributed by atoms with Crippen molar-refractivity contribution in [1.29, 1.82) is 0 Å². The van der Waals surface area contributed by atoms with E-state index < -0.39 is 35.7 Å². The number of hydrogen-bond acceptors (Lipinski definition) is 5. The van der Waals surface area contributed by atoms with Crippen LogP contribution >= 0.6 is 11.6 Å². The van der Waals surface area contributed by atoms with Gasteiger partial charge >= 0.3 is 6.18 Å². The van der Waals surface area contributed by atoms with Crippen LogP contribution in [0.5, 0.6) is 0 Å². The van der Waals surface area contributed by atoms with Gasteiger partial charge in [-0.3, -0.25) is 14.5 Å². The fourth-order valence-electron chi connectivity index (χ4n) is 7.00. The zero-order valence-electron chi connectivity index (χ0n) is 28.6. The standard InChI is InChI=1S/C38H46ClF4N5O2/c1-3-46(4-2)17-7-10-35(31-16-13-29(24-32(31)40)38(41,42)43)47-18-20-48(21-19-47)37(50)34(22-26-11-14-30(39)15-12-26)45-36(49)33-23-27-8-5-6-9-28(27)25-44-33/h5-6,8-9,11-16,24,33-35,44H,3-4,7,10,17-23,25H2,1-2H3,(H,45,49)/t33-,34-,35?/m1/s1. The summed E-state index contributed by atoms with van der Waals surface area (Å²) in [5.41, 5.74) is 2.30. The van der Waals surface area contributed by atoms with Crippen LogP contribution in [0, 0.1) is 5.82 Å². The highest BCUT2D eigenvalue weighted by molar-refractivity contribution is 6.30. The van der Waals surface area contributed by atoms with Gasteiger partial charge in [0.1, 0.15) is 11.9 Å². The van der Waals surface area contributed by atoms with Crippen molar-refractivity contribution < 1.29 is 27.2 Å². The molecule has 3 atom stereocenters. The molecule has 2 heterocycles. The molecule has 1 fully saturated rings. The molecule has 0 spiro atoms. The lowest BCUT2D eigenvalue weighted by Crippen LogP contribution is -2.58. The maximum absolute atomic E-state index is 15.3. The van der Waals surface area contributed by atoms with Crippen molar-refractivity contribution in [2.75, 3.05) is 45.8 Å². The summed E-state index contributed by atoms with van der Waals surface area (Å²) in [6, 6.07) is 16.2. The predicted molar refractivity (Wildman–Crippen MR) is 187 cm³/mol. The van der Waals surface area contributed by atoms with E-state index in [1.165, 1.54) is 6.07 Å². The Bertz CT molecular complexity index is 1590. The third-order valence-corrected chi connectivity index (χ3v) is 10.2. The third-order valence-electron chi connectivity index (χ3n) is 9.97. The molecular weight excluding hydrogens is 670 g/mol. The Balaban J connectivity index is 1.30. The number of nitrogens with zero attached hydrogens (tertiary/aromatic N) is 3. The van der Waals surface area contributed by atoms with Crippen LogP contribution in [0.25, 0.3) is 0 Å². The quantitative estimate of drug-likeness (QED) is 0.205. The molecular formula is C38H46ClF4N5O2. The second-order valence-electron chi connectivity index (χ2n) is 13.1. The highest BCUT2D eigenvalue weighted by Crippen LogP contribution is 2.34. The molecule has 12 heteroatoms. The molecule has 3 aromatic carbocycles. The maximum atomic E-state index is 15.3. The molecule has 0 bridgehead atoms. The van der Waals surface area contributed by atoms with Gasteiger partial charge in [-0.15, -0.1) is 0 Å². The van der Waals surface area contributed by atoms with Crippen LogP contribution < -0.4 is 10.6 Å². The number of carbonyl (C=O) groups excluding carboxylic acids is 2. The fourth-order valence-corrected chi connectivity index (χ4v) is 7.13. The zero-order valence-corrected chi connectivity index (χ0v) is 29.4. The minimum atomic E-state index is -4.64. The highest BCUT2D eigenvalue weighted by Gasteiger charge is 2.35. The van der Waals surface area contributed by atoms with Gasteiger partial charge in [-0.1, -0.05) is 67.9 Å². The molecule has 1 saturated heterocycles. The average Bonchev–Trinajstić information content (AvgIpc) is 3.12. The Morgan fingerprint density at radius 3 is 2.30 bits per heavy atom. The Labute approximate surface area is 297 Å². The van der Waals surface area contributed by atoms with Gasteiger partial charge in [-0.25, -0.2) is 4.39 Å². The summed E-state index contributed by atoms with van der Waals surface area (Å²) < 4.78 is 55.4. The summed E-state index contributed by atoms with van der Waals surface area (Å²) in [5.74, 6) is -1.35. The minimum absolute atomic E-state index is 0.219. The highest BCUT2D eigenvalue weighted by atomic mass is 35.5. The molecule has 0 aromatic heterocycles. The summed E-state index contributed by atoms with van der Waals surface area (Å²) in [6.07, 6.45) is -2.56. The number of amides is 2. The Morgan fingerprint density at radius 1 is 0.980 bits per heavy atom. The molecule has 50 heavy (non-hydrogen) atoms. The van der Waals surface area contributed by atoms with E-state index in [2.05, 4.69) is 34.3 Å². The van der Waals surface area contributed by atoms with E-state index in [0.29, 0.717) is 56.7 Å². The van der Waals surface area contributed by atoms with Crippen molar-refractivity contribution in [3.05, 3.63) is 105 Å². The molecule has 270 valence electrons. The van der Waals surface area contributed by atoms with Crippen LogP contribution in [0.1, 0.15) is 60.5 Å². The molecule has 0 radical (unpaired) electrons. The molecule has 7 nitrogen and oxygen atoms in total. The van der Waals surface area contributed by atoms with Crippen LogP contribution in [0.2, 0.25) is 5.02 Å². The van der Waals surface area contributed by atoms with Gasteiger partial charge in [0.25, 0.3) is 0 Å². The first-order valence-electron chi connectivity index (χ1n) is 17.4. The summed E-state index contributed by atoms with van der Waals surface area (Å²) in [5, 5.41) is 6.89. The number of rotatable bonds is 13. The number of fused-ring (bicyclic) bond motifs is 1. The van der Waals surface area contributed by atoms with Gasteiger partial charge in [0.15, 0.2) is 0 Å². The maximum Gasteiger partial charge on any atom is 0.416 e. The summed E-state index contributed by atoms with van der Waals surface area (Å²) in [6.45, 7) is 8.70. The SMILES string of the molecule is CCN(CC)CCCC(c1ccc(C(F)(F)F)cc1F)N1CCN(C(=O)[C@@H](Cc2ccc(Cl)cc2)NC(=O)[C@H]2Cc3ccccc3CN2)CC1. The topological polar surface area (TPSA) is 67.9 Å². The minimum Gasteiger partial charge on any atom is -0.343 e. The second kappa shape index (κ2) is 17.1. The van der Waals surface area contributed by atoms with Crippen LogP contribution in [-0.4, -0.2) is 84.4 Å². The Morgan fingerprint density at radius 2 is 1.66 bits per heavy atom. The molecule has 2 N–H and O–H groups in total. The molecule has 0 saturated carbocycles. The van der Waals surface area contributed by atoms with Crippen LogP contribution in [0.3, 0.4) is 0 Å². The fraction of sp³-hybridized carbons (Fsp3) is 0.474. The monoisotopic (exact) mass is 715 g/mol. The molecule has 5 rings (SSSR count). The number of carbonyl (C=O) groups is 2. The molecule has 1 unspecified atom stereocenters. The van der Waals surface area contributed by atoms with E-state index in [1.807, 2.05) is 36.4 Å². The van der Waals surface area contributed by atoms with Crippen molar-refractivity contribution in [2.45, 2.75) is 70.4 Å². The number of nitrogens with one attached hydrogen (secondary N) is 2. The molecule has 2 amide bonds. The van der Waals surface area contributed by atoms with Crippen molar-refractivity contribution in [1.82, 2.24) is 25.3 Å². The largest absolute Gasteiger partial charge is 0.416 e. The molecule has 3 aromatic rings. The first kappa shape index (κ1) is 37.7. The summed E-state index contributed by atoms with van der Waals surface area (Å²) >= 11 is 6.11. The molecule has 0 aliphatic carbocycles. The van der Waals surface area contributed by atoms with E-state index in [0.717, 1.165) is 48.8 Å². The molecule has 2 aliphatic heterocycles. The lowest BCUT2D eigenvalue weighted by atomic mass is 9.95. The van der Waals surface area contributed by atoms with E-state index >= 15 is 4.39 Å². The molecule has 2 aliphatic rings. The number of halogens is 5. The van der Waals surface area contributed by atoms with Crippen molar-refractivity contribution in [3.8, 4) is 0 Å². The van der Waals surface area contributed by atoms with Crippen LogP contribution in [-0.2, 0) is 35.2 Å². The van der Waals surface area contributed by atoms with Crippen LogP contribution in [0.15, 0.2) is 66.7 Å². The van der Waals surface area contributed by atoms with Gasteiger partial charge in [-0.2, -0.15) is 13.2 Å². The smallest absolute Gasteiger partial charge is 0.343 e. The van der Waals surface area contributed by atoms with E-state index in [4.69, 9.17) is 11.6 Å². The lowest BCUT2D eigenvalue weighted by molar-refractivity contribution is -0.138. The predicted octanol–water partition coefficient (Wildman–Crippen LogP) is 6.25. The van der Waals surface area contributed by atoms with Crippen molar-refractivity contribution in [2.24, 2.45) is 0 Å².